The van der Waals surface area contributed by atoms with Gasteiger partial charge >= 0.3 is 6.09 Å². The zero-order valence-electron chi connectivity index (χ0n) is 16.0. The molecule has 0 atom stereocenters. The highest BCUT2D eigenvalue weighted by molar-refractivity contribution is 6.12. The number of oxime groups is 1. The number of benzene rings is 3. The van der Waals surface area contributed by atoms with Crippen molar-refractivity contribution in [3.8, 4) is 11.1 Å². The Labute approximate surface area is 165 Å². The molecule has 3 rings (SSSR count). The summed E-state index contributed by atoms with van der Waals surface area (Å²) in [5.41, 5.74) is 4.66. The van der Waals surface area contributed by atoms with E-state index in [0.29, 0.717) is 12.3 Å². The van der Waals surface area contributed by atoms with E-state index in [0.717, 1.165) is 35.1 Å². The first-order valence-electron chi connectivity index (χ1n) is 9.52. The number of carbonyl (C=O) groups excluding carboxylic acids is 1. The van der Waals surface area contributed by atoms with Gasteiger partial charge in [0.1, 0.15) is 5.71 Å². The Morgan fingerprint density at radius 1 is 0.821 bits per heavy atom. The molecule has 1 amide bonds. The van der Waals surface area contributed by atoms with Gasteiger partial charge in [-0.15, -0.1) is 0 Å². The average Bonchev–Trinajstić information content (AvgIpc) is 2.76. The highest BCUT2D eigenvalue weighted by Gasteiger charge is 2.10. The molecular formula is C24H24N2O2. The molecule has 0 aromatic heterocycles. The van der Waals surface area contributed by atoms with Crippen LogP contribution in [0.3, 0.4) is 0 Å². The van der Waals surface area contributed by atoms with Crippen LogP contribution in [0.1, 0.15) is 30.9 Å². The van der Waals surface area contributed by atoms with Crippen LogP contribution in [-0.2, 0) is 4.84 Å². The number of hydrogen-bond donors (Lipinski definition) is 1. The zero-order chi connectivity index (χ0) is 19.6. The fourth-order valence-electron chi connectivity index (χ4n) is 2.81. The summed E-state index contributed by atoms with van der Waals surface area (Å²) in [6, 6.07) is 28.0. The van der Waals surface area contributed by atoms with Crippen LogP contribution in [-0.4, -0.2) is 18.3 Å². The number of nitrogens with zero attached hydrogens (tertiary/aromatic N) is 1. The summed E-state index contributed by atoms with van der Waals surface area (Å²) in [6.07, 6.45) is 1.38. The first-order chi connectivity index (χ1) is 13.8. The third-order valence-electron chi connectivity index (χ3n) is 4.33. The first-order valence-corrected chi connectivity index (χ1v) is 9.52. The molecule has 0 bridgehead atoms. The summed E-state index contributed by atoms with van der Waals surface area (Å²) in [7, 11) is 0. The molecule has 4 heteroatoms. The Hall–Kier alpha value is -3.40. The van der Waals surface area contributed by atoms with Gasteiger partial charge in [0.25, 0.3) is 0 Å². The molecule has 0 fully saturated rings. The van der Waals surface area contributed by atoms with Gasteiger partial charge in [-0.3, -0.25) is 4.84 Å². The molecule has 0 unspecified atom stereocenters. The zero-order valence-corrected chi connectivity index (χ0v) is 16.0. The van der Waals surface area contributed by atoms with E-state index >= 15 is 0 Å². The fraction of sp³-hybridized carbons (Fsp3) is 0.167. The van der Waals surface area contributed by atoms with Crippen LogP contribution in [0.5, 0.6) is 0 Å². The largest absolute Gasteiger partial charge is 0.433 e. The van der Waals surface area contributed by atoms with Gasteiger partial charge in [-0.25, -0.2) is 4.79 Å². The molecule has 0 heterocycles. The lowest BCUT2D eigenvalue weighted by Crippen LogP contribution is -2.24. The van der Waals surface area contributed by atoms with Crippen molar-refractivity contribution >= 4 is 11.8 Å². The molecule has 0 saturated carbocycles. The molecule has 0 spiro atoms. The van der Waals surface area contributed by atoms with Gasteiger partial charge in [0, 0.05) is 17.7 Å². The first kappa shape index (κ1) is 19.4. The normalized spacial score (nSPS) is 11.1. The number of nitrogens with one attached hydrogen (secondary N) is 1. The average molecular weight is 372 g/mol. The van der Waals surface area contributed by atoms with Crippen LogP contribution in [0.15, 0.2) is 90.1 Å². The molecule has 0 radical (unpaired) electrons. The minimum Gasteiger partial charge on any atom is -0.320 e. The summed E-state index contributed by atoms with van der Waals surface area (Å²) in [5, 5.41) is 6.85. The van der Waals surface area contributed by atoms with E-state index in [2.05, 4.69) is 29.5 Å². The van der Waals surface area contributed by atoms with E-state index in [1.807, 2.05) is 72.8 Å². The quantitative estimate of drug-likeness (QED) is 0.253. The maximum absolute atomic E-state index is 11.9. The molecule has 0 saturated heterocycles. The molecule has 3 aromatic rings. The van der Waals surface area contributed by atoms with Gasteiger partial charge in [0.05, 0.1) is 0 Å². The maximum Gasteiger partial charge on any atom is 0.433 e. The summed E-state index contributed by atoms with van der Waals surface area (Å²) in [4.78, 5) is 17.0. The maximum atomic E-state index is 11.9. The molecule has 4 nitrogen and oxygen atoms in total. The van der Waals surface area contributed by atoms with Gasteiger partial charge in [0.2, 0.25) is 0 Å². The van der Waals surface area contributed by atoms with Crippen molar-refractivity contribution in [1.82, 2.24) is 5.32 Å². The lowest BCUT2D eigenvalue weighted by molar-refractivity contribution is 0.151. The van der Waals surface area contributed by atoms with E-state index < -0.39 is 6.09 Å². The minimum absolute atomic E-state index is 0.539. The van der Waals surface area contributed by atoms with Crippen molar-refractivity contribution in [3.63, 3.8) is 0 Å². The molecule has 0 aliphatic carbocycles. The Morgan fingerprint density at radius 2 is 1.39 bits per heavy atom. The van der Waals surface area contributed by atoms with E-state index in [4.69, 9.17) is 4.84 Å². The van der Waals surface area contributed by atoms with Crippen molar-refractivity contribution in [1.29, 1.82) is 0 Å². The van der Waals surface area contributed by atoms with Crippen LogP contribution < -0.4 is 5.32 Å². The predicted octanol–water partition coefficient (Wildman–Crippen LogP) is 5.63. The third-order valence-corrected chi connectivity index (χ3v) is 4.33. The second kappa shape index (κ2) is 10.1. The van der Waals surface area contributed by atoms with Crippen LogP contribution in [0.25, 0.3) is 11.1 Å². The monoisotopic (exact) mass is 372 g/mol. The number of unbranched alkanes of at least 4 members (excludes halogenated alkanes) is 1. The minimum atomic E-state index is -0.539. The lowest BCUT2D eigenvalue weighted by atomic mass is 9.99. The van der Waals surface area contributed by atoms with Gasteiger partial charge in [-0.1, -0.05) is 103 Å². The Bertz CT molecular complexity index is 904. The molecule has 0 aliphatic heterocycles. The van der Waals surface area contributed by atoms with Crippen molar-refractivity contribution < 1.29 is 9.63 Å². The standard InChI is InChI=1S/C24H24N2O2/c1-2-3-18-25-24(27)28-26-23(21-12-8-5-9-13-21)22-16-14-20(15-17-22)19-10-6-4-7-11-19/h4-17H,2-3,18H2,1H3,(H,25,27). The van der Waals surface area contributed by atoms with Gasteiger partial charge in [0.15, 0.2) is 0 Å². The predicted molar refractivity (Wildman–Crippen MR) is 113 cm³/mol. The second-order valence-corrected chi connectivity index (χ2v) is 6.41. The smallest absolute Gasteiger partial charge is 0.320 e. The summed E-state index contributed by atoms with van der Waals surface area (Å²) in [6.45, 7) is 2.65. The van der Waals surface area contributed by atoms with Gasteiger partial charge in [-0.05, 0) is 17.5 Å². The second-order valence-electron chi connectivity index (χ2n) is 6.41. The van der Waals surface area contributed by atoms with E-state index in [1.54, 1.807) is 0 Å². The topological polar surface area (TPSA) is 50.7 Å². The fourth-order valence-corrected chi connectivity index (χ4v) is 2.81. The van der Waals surface area contributed by atoms with E-state index in [9.17, 15) is 4.79 Å². The number of amides is 1. The highest BCUT2D eigenvalue weighted by Crippen LogP contribution is 2.21. The Morgan fingerprint density at radius 3 is 2.04 bits per heavy atom. The molecule has 28 heavy (non-hydrogen) atoms. The number of rotatable bonds is 7. The molecule has 1 N–H and O–H groups in total. The lowest BCUT2D eigenvalue weighted by Gasteiger charge is -2.09. The molecular weight excluding hydrogens is 348 g/mol. The van der Waals surface area contributed by atoms with Crippen molar-refractivity contribution in [3.05, 3.63) is 96.1 Å². The number of hydrogen-bond acceptors (Lipinski definition) is 3. The van der Waals surface area contributed by atoms with Crippen LogP contribution in [0.2, 0.25) is 0 Å². The summed E-state index contributed by atoms with van der Waals surface area (Å²) >= 11 is 0. The Balaban J connectivity index is 1.83. The van der Waals surface area contributed by atoms with Crippen molar-refractivity contribution in [2.24, 2.45) is 5.16 Å². The van der Waals surface area contributed by atoms with E-state index in [-0.39, 0.29) is 0 Å². The molecule has 142 valence electrons. The number of carbonyl (C=O) groups is 1. The van der Waals surface area contributed by atoms with Crippen molar-refractivity contribution in [2.75, 3.05) is 6.54 Å². The SMILES string of the molecule is CCCCNC(=O)ON=C(c1ccccc1)c1ccc(-c2ccccc2)cc1. The van der Waals surface area contributed by atoms with Gasteiger partial charge in [-0.2, -0.15) is 0 Å². The van der Waals surface area contributed by atoms with Gasteiger partial charge < -0.3 is 5.32 Å². The van der Waals surface area contributed by atoms with Crippen molar-refractivity contribution in [2.45, 2.75) is 19.8 Å². The van der Waals surface area contributed by atoms with E-state index in [1.165, 1.54) is 0 Å². The molecule has 0 aliphatic rings. The van der Waals surface area contributed by atoms with Crippen LogP contribution >= 0.6 is 0 Å². The Kier molecular flexibility index (Phi) is 6.96. The van der Waals surface area contributed by atoms with Crippen LogP contribution in [0.4, 0.5) is 4.79 Å². The third kappa shape index (κ3) is 5.30. The molecule has 3 aromatic carbocycles. The highest BCUT2D eigenvalue weighted by atomic mass is 16.7. The van der Waals surface area contributed by atoms with Crippen LogP contribution in [0, 0.1) is 0 Å². The summed E-state index contributed by atoms with van der Waals surface area (Å²) in [5.74, 6) is 0. The summed E-state index contributed by atoms with van der Waals surface area (Å²) < 4.78 is 0.